The molecule has 0 spiro atoms. The molecule has 2 aromatic carbocycles. The summed E-state index contributed by atoms with van der Waals surface area (Å²) in [5.41, 5.74) is 3.58. The van der Waals surface area contributed by atoms with Crippen LogP contribution in [0.5, 0.6) is 17.2 Å². The van der Waals surface area contributed by atoms with E-state index >= 15 is 0 Å². The maximum atomic E-state index is 11.3. The molecule has 0 bridgehead atoms. The van der Waals surface area contributed by atoms with Crippen LogP contribution in [-0.4, -0.2) is 37.4 Å². The molecule has 6 nitrogen and oxygen atoms in total. The first-order valence-electron chi connectivity index (χ1n) is 9.21. The van der Waals surface area contributed by atoms with Gasteiger partial charge in [-0.05, 0) is 30.7 Å². The van der Waals surface area contributed by atoms with Crippen LogP contribution in [0.15, 0.2) is 36.4 Å². The fourth-order valence-electron chi connectivity index (χ4n) is 3.00. The Balaban J connectivity index is 1.97. The zero-order valence-corrected chi connectivity index (χ0v) is 18.1. The summed E-state index contributed by atoms with van der Waals surface area (Å²) in [6, 6.07) is 11.6. The molecule has 30 heavy (non-hydrogen) atoms. The van der Waals surface area contributed by atoms with Crippen molar-refractivity contribution in [3.05, 3.63) is 57.4 Å². The minimum Gasteiger partial charge on any atom is -0.493 e. The molecule has 3 rings (SSSR count). The fourth-order valence-corrected chi connectivity index (χ4v) is 3.98. The molecule has 3 aromatic rings. The normalized spacial score (nSPS) is 10.9. The Bertz CT molecular complexity index is 1040. The molecular formula is C23H23NO5S. The first kappa shape index (κ1) is 21.4. The van der Waals surface area contributed by atoms with Gasteiger partial charge in [0, 0.05) is 10.4 Å². The van der Waals surface area contributed by atoms with Gasteiger partial charge in [-0.3, -0.25) is 4.79 Å². The number of carboxylic acids is 1. The van der Waals surface area contributed by atoms with Gasteiger partial charge in [0.05, 0.1) is 33.4 Å². The predicted octanol–water partition coefficient (Wildman–Crippen LogP) is 4.94. The molecule has 7 heteroatoms. The van der Waals surface area contributed by atoms with E-state index in [0.717, 1.165) is 26.6 Å². The summed E-state index contributed by atoms with van der Waals surface area (Å²) in [5, 5.41) is 10.0. The third-order valence-electron chi connectivity index (χ3n) is 4.46. The number of ether oxygens (including phenoxy) is 3. The average Bonchev–Trinajstić information content (AvgIpc) is 3.13. The maximum absolute atomic E-state index is 11.3. The lowest BCUT2D eigenvalue weighted by Gasteiger charge is -2.12. The molecule has 0 radical (unpaired) electrons. The Labute approximate surface area is 179 Å². The monoisotopic (exact) mass is 425 g/mol. The van der Waals surface area contributed by atoms with Crippen LogP contribution in [0.25, 0.3) is 23.4 Å². The molecule has 0 unspecified atom stereocenters. The van der Waals surface area contributed by atoms with Gasteiger partial charge in [-0.15, -0.1) is 11.3 Å². The second-order valence-corrected chi connectivity index (χ2v) is 7.67. The number of carboxylic acid groups (broad SMARTS) is 1. The van der Waals surface area contributed by atoms with Crippen LogP contribution in [-0.2, 0) is 11.2 Å². The lowest BCUT2D eigenvalue weighted by atomic mass is 10.1. The largest absolute Gasteiger partial charge is 0.493 e. The van der Waals surface area contributed by atoms with E-state index < -0.39 is 5.97 Å². The van der Waals surface area contributed by atoms with E-state index in [1.54, 1.807) is 21.3 Å². The van der Waals surface area contributed by atoms with Gasteiger partial charge in [0.25, 0.3) is 0 Å². The Kier molecular flexibility index (Phi) is 6.74. The summed E-state index contributed by atoms with van der Waals surface area (Å²) in [6.45, 7) is 2.01. The van der Waals surface area contributed by atoms with E-state index in [4.69, 9.17) is 14.2 Å². The standard InChI is InChI=1S/C23H23NO5S/c1-14-5-8-16(9-6-14)22-19(13-21(25)26)30-20(24-22)10-7-15-11-17(27-2)23(29-4)18(12-15)28-3/h5-12H,13H2,1-4H3,(H,25,26)/b10-7+. The number of methoxy groups -OCH3 is 3. The van der Waals surface area contributed by atoms with E-state index in [9.17, 15) is 9.90 Å². The highest BCUT2D eigenvalue weighted by atomic mass is 32.1. The van der Waals surface area contributed by atoms with Crippen molar-refractivity contribution in [2.24, 2.45) is 0 Å². The highest BCUT2D eigenvalue weighted by Crippen LogP contribution is 2.39. The van der Waals surface area contributed by atoms with E-state index in [2.05, 4.69) is 4.98 Å². The topological polar surface area (TPSA) is 77.9 Å². The summed E-state index contributed by atoms with van der Waals surface area (Å²) < 4.78 is 16.1. The number of hydrogen-bond donors (Lipinski definition) is 1. The first-order chi connectivity index (χ1) is 14.4. The number of aliphatic carboxylic acids is 1. The van der Waals surface area contributed by atoms with Crippen molar-refractivity contribution in [1.29, 1.82) is 0 Å². The van der Waals surface area contributed by atoms with E-state index in [1.165, 1.54) is 11.3 Å². The van der Waals surface area contributed by atoms with Crippen LogP contribution in [0.4, 0.5) is 0 Å². The van der Waals surface area contributed by atoms with Crippen LogP contribution in [0.2, 0.25) is 0 Å². The highest BCUT2D eigenvalue weighted by molar-refractivity contribution is 7.13. The van der Waals surface area contributed by atoms with Crippen molar-refractivity contribution in [1.82, 2.24) is 4.98 Å². The average molecular weight is 426 g/mol. The molecule has 0 aliphatic heterocycles. The number of thiazole rings is 1. The van der Waals surface area contributed by atoms with Crippen molar-refractivity contribution in [2.75, 3.05) is 21.3 Å². The molecule has 0 amide bonds. The van der Waals surface area contributed by atoms with Gasteiger partial charge >= 0.3 is 5.97 Å². The van der Waals surface area contributed by atoms with Gasteiger partial charge in [-0.2, -0.15) is 0 Å². The summed E-state index contributed by atoms with van der Waals surface area (Å²) >= 11 is 1.37. The molecule has 0 saturated carbocycles. The fraction of sp³-hybridized carbons (Fsp3) is 0.217. The first-order valence-corrected chi connectivity index (χ1v) is 10.0. The number of aryl methyl sites for hydroxylation is 1. The van der Waals surface area contributed by atoms with Gasteiger partial charge in [0.1, 0.15) is 5.01 Å². The zero-order chi connectivity index (χ0) is 21.7. The molecular weight excluding hydrogens is 402 g/mol. The van der Waals surface area contributed by atoms with Gasteiger partial charge in [0.2, 0.25) is 5.75 Å². The summed E-state index contributed by atoms with van der Waals surface area (Å²) in [4.78, 5) is 16.7. The number of nitrogens with zero attached hydrogens (tertiary/aromatic N) is 1. The molecule has 0 aliphatic rings. The zero-order valence-electron chi connectivity index (χ0n) is 17.3. The highest BCUT2D eigenvalue weighted by Gasteiger charge is 2.15. The Morgan fingerprint density at radius 1 is 1.03 bits per heavy atom. The lowest BCUT2D eigenvalue weighted by Crippen LogP contribution is -1.99. The van der Waals surface area contributed by atoms with E-state index in [0.29, 0.717) is 22.9 Å². The second-order valence-electron chi connectivity index (χ2n) is 6.55. The molecule has 156 valence electrons. The Morgan fingerprint density at radius 3 is 2.20 bits per heavy atom. The third-order valence-corrected chi connectivity index (χ3v) is 5.48. The SMILES string of the molecule is COc1cc(/C=C/c2nc(-c3ccc(C)cc3)c(CC(=O)O)s2)cc(OC)c1OC. The summed E-state index contributed by atoms with van der Waals surface area (Å²) in [6.07, 6.45) is 3.67. The van der Waals surface area contributed by atoms with Crippen LogP contribution < -0.4 is 14.2 Å². The van der Waals surface area contributed by atoms with Gasteiger partial charge in [-0.1, -0.05) is 35.9 Å². The summed E-state index contributed by atoms with van der Waals surface area (Å²) in [7, 11) is 4.69. The van der Waals surface area contributed by atoms with Gasteiger partial charge in [0.15, 0.2) is 11.5 Å². The van der Waals surface area contributed by atoms with Crippen molar-refractivity contribution in [2.45, 2.75) is 13.3 Å². The van der Waals surface area contributed by atoms with Crippen LogP contribution in [0.1, 0.15) is 21.0 Å². The lowest BCUT2D eigenvalue weighted by molar-refractivity contribution is -0.136. The number of rotatable bonds is 8. The predicted molar refractivity (Wildman–Crippen MR) is 119 cm³/mol. The quantitative estimate of drug-likeness (QED) is 0.551. The van der Waals surface area contributed by atoms with Crippen molar-refractivity contribution >= 4 is 29.5 Å². The van der Waals surface area contributed by atoms with Crippen LogP contribution in [0, 0.1) is 6.92 Å². The number of aromatic nitrogens is 1. The number of hydrogen-bond acceptors (Lipinski definition) is 6. The van der Waals surface area contributed by atoms with Crippen LogP contribution >= 0.6 is 11.3 Å². The number of benzene rings is 2. The minimum absolute atomic E-state index is 0.0705. The Morgan fingerprint density at radius 2 is 1.67 bits per heavy atom. The van der Waals surface area contributed by atoms with E-state index in [-0.39, 0.29) is 6.42 Å². The molecule has 0 saturated heterocycles. The molecule has 0 fully saturated rings. The maximum Gasteiger partial charge on any atom is 0.308 e. The molecule has 1 N–H and O–H groups in total. The summed E-state index contributed by atoms with van der Waals surface area (Å²) in [5.74, 6) is 0.758. The molecule has 1 heterocycles. The van der Waals surface area contributed by atoms with E-state index in [1.807, 2.05) is 55.5 Å². The Hall–Kier alpha value is -3.32. The third kappa shape index (κ3) is 4.80. The van der Waals surface area contributed by atoms with Crippen molar-refractivity contribution in [3.63, 3.8) is 0 Å². The van der Waals surface area contributed by atoms with Gasteiger partial charge in [-0.25, -0.2) is 4.98 Å². The van der Waals surface area contributed by atoms with Gasteiger partial charge < -0.3 is 19.3 Å². The minimum atomic E-state index is -0.882. The molecule has 0 aliphatic carbocycles. The smallest absolute Gasteiger partial charge is 0.308 e. The molecule has 1 aromatic heterocycles. The van der Waals surface area contributed by atoms with Crippen molar-refractivity contribution < 1.29 is 24.1 Å². The van der Waals surface area contributed by atoms with Crippen molar-refractivity contribution in [3.8, 4) is 28.5 Å². The number of carbonyl (C=O) groups is 1. The second kappa shape index (κ2) is 9.45. The molecule has 0 atom stereocenters. The van der Waals surface area contributed by atoms with Crippen LogP contribution in [0.3, 0.4) is 0 Å².